The summed E-state index contributed by atoms with van der Waals surface area (Å²) in [6.45, 7) is 5.15. The molecule has 0 fully saturated rings. The molecule has 3 N–H and O–H groups in total. The van der Waals surface area contributed by atoms with Crippen molar-refractivity contribution < 1.29 is 13.2 Å². The highest BCUT2D eigenvalue weighted by molar-refractivity contribution is 7.91. The van der Waals surface area contributed by atoms with Gasteiger partial charge in [-0.3, -0.25) is 4.79 Å². The SMILES string of the molecule is Cc1ccc(N)cc1C(=O)Nc1cccc(CS(=O)(=O)C(C)C)c1.Cl. The normalized spacial score (nSPS) is 11.0. The maximum Gasteiger partial charge on any atom is 0.256 e. The minimum Gasteiger partial charge on any atom is -0.399 e. The lowest BCUT2D eigenvalue weighted by Crippen LogP contribution is -2.17. The van der Waals surface area contributed by atoms with Crippen LogP contribution in [0.1, 0.15) is 35.3 Å². The van der Waals surface area contributed by atoms with Crippen LogP contribution in [0.15, 0.2) is 42.5 Å². The molecule has 25 heavy (non-hydrogen) atoms. The van der Waals surface area contributed by atoms with Gasteiger partial charge in [0.05, 0.1) is 11.0 Å². The number of amides is 1. The second kappa shape index (κ2) is 8.36. The zero-order valence-electron chi connectivity index (χ0n) is 14.4. The molecule has 0 aliphatic heterocycles. The summed E-state index contributed by atoms with van der Waals surface area (Å²) < 4.78 is 24.1. The van der Waals surface area contributed by atoms with Crippen LogP contribution in [0.3, 0.4) is 0 Å². The molecule has 0 bridgehead atoms. The number of halogens is 1. The molecule has 0 aliphatic carbocycles. The predicted octanol–water partition coefficient (Wildman–Crippen LogP) is 3.57. The summed E-state index contributed by atoms with van der Waals surface area (Å²) in [6.07, 6.45) is 0. The molecule has 0 radical (unpaired) electrons. The molecule has 0 aromatic heterocycles. The molecule has 2 aromatic rings. The van der Waals surface area contributed by atoms with Gasteiger partial charge in [-0.1, -0.05) is 18.2 Å². The van der Waals surface area contributed by atoms with Gasteiger partial charge in [0, 0.05) is 16.9 Å². The van der Waals surface area contributed by atoms with Crippen LogP contribution in [0.5, 0.6) is 0 Å². The van der Waals surface area contributed by atoms with Crippen LogP contribution >= 0.6 is 12.4 Å². The molecule has 0 saturated carbocycles. The lowest BCUT2D eigenvalue weighted by Gasteiger charge is -2.11. The van der Waals surface area contributed by atoms with Crippen LogP contribution in [0, 0.1) is 6.92 Å². The zero-order valence-corrected chi connectivity index (χ0v) is 16.1. The van der Waals surface area contributed by atoms with E-state index < -0.39 is 15.1 Å². The number of benzene rings is 2. The summed E-state index contributed by atoms with van der Waals surface area (Å²) in [5.41, 5.74) is 8.76. The number of sulfone groups is 1. The van der Waals surface area contributed by atoms with Crippen LogP contribution < -0.4 is 11.1 Å². The highest BCUT2D eigenvalue weighted by Gasteiger charge is 2.17. The highest BCUT2D eigenvalue weighted by atomic mass is 35.5. The van der Waals surface area contributed by atoms with Crippen molar-refractivity contribution in [2.24, 2.45) is 0 Å². The van der Waals surface area contributed by atoms with Crippen molar-refractivity contribution in [3.63, 3.8) is 0 Å². The molecule has 0 saturated heterocycles. The van der Waals surface area contributed by atoms with Gasteiger partial charge >= 0.3 is 0 Å². The minimum atomic E-state index is -3.19. The monoisotopic (exact) mass is 382 g/mol. The number of hydrogen-bond donors (Lipinski definition) is 2. The van der Waals surface area contributed by atoms with E-state index in [9.17, 15) is 13.2 Å². The van der Waals surface area contributed by atoms with Crippen LogP contribution in [0.4, 0.5) is 11.4 Å². The summed E-state index contributed by atoms with van der Waals surface area (Å²) in [6, 6.07) is 12.0. The first kappa shape index (κ1) is 21.0. The van der Waals surface area contributed by atoms with Crippen LogP contribution in [-0.2, 0) is 15.6 Å². The smallest absolute Gasteiger partial charge is 0.256 e. The van der Waals surface area contributed by atoms with Gasteiger partial charge in [0.2, 0.25) is 0 Å². The molecule has 0 atom stereocenters. The average molecular weight is 383 g/mol. The van der Waals surface area contributed by atoms with Crippen molar-refractivity contribution in [2.75, 3.05) is 11.1 Å². The van der Waals surface area contributed by atoms with E-state index in [1.165, 1.54) is 0 Å². The number of aryl methyl sites for hydroxylation is 1. The second-order valence-electron chi connectivity index (χ2n) is 6.08. The van der Waals surface area contributed by atoms with E-state index in [2.05, 4.69) is 5.32 Å². The summed E-state index contributed by atoms with van der Waals surface area (Å²) >= 11 is 0. The van der Waals surface area contributed by atoms with E-state index in [0.717, 1.165) is 5.56 Å². The van der Waals surface area contributed by atoms with Crippen molar-refractivity contribution in [3.05, 3.63) is 59.2 Å². The number of nitrogen functional groups attached to an aromatic ring is 1. The standard InChI is InChI=1S/C18H22N2O3S.ClH/c1-12(2)24(22,23)11-14-5-4-6-16(9-14)20-18(21)17-10-15(19)8-7-13(17)3;/h4-10,12H,11,19H2,1-3H3,(H,20,21);1H. The van der Waals surface area contributed by atoms with E-state index in [0.29, 0.717) is 22.5 Å². The fraction of sp³-hybridized carbons (Fsp3) is 0.278. The van der Waals surface area contributed by atoms with Gasteiger partial charge in [-0.25, -0.2) is 8.42 Å². The number of nitrogens with two attached hydrogens (primary N) is 1. The largest absolute Gasteiger partial charge is 0.399 e. The van der Waals surface area contributed by atoms with Gasteiger partial charge < -0.3 is 11.1 Å². The maximum atomic E-state index is 12.4. The molecule has 1 amide bonds. The molecule has 7 heteroatoms. The van der Waals surface area contributed by atoms with E-state index >= 15 is 0 Å². The van der Waals surface area contributed by atoms with Crippen molar-refractivity contribution in [2.45, 2.75) is 31.8 Å². The number of rotatable bonds is 5. The van der Waals surface area contributed by atoms with Crippen molar-refractivity contribution in [1.82, 2.24) is 0 Å². The highest BCUT2D eigenvalue weighted by Crippen LogP contribution is 2.18. The Morgan fingerprint density at radius 2 is 1.84 bits per heavy atom. The number of carbonyl (C=O) groups excluding carboxylic acids is 1. The third kappa shape index (κ3) is 5.47. The number of carbonyl (C=O) groups is 1. The first-order valence-corrected chi connectivity index (χ1v) is 9.38. The summed E-state index contributed by atoms with van der Waals surface area (Å²) in [5.74, 6) is -0.324. The number of hydrogen-bond acceptors (Lipinski definition) is 4. The Hall–Kier alpha value is -2.05. The van der Waals surface area contributed by atoms with E-state index in [1.54, 1.807) is 56.3 Å². The Kier molecular flexibility index (Phi) is 7.02. The minimum absolute atomic E-state index is 0. The molecule has 0 heterocycles. The van der Waals surface area contributed by atoms with E-state index in [-0.39, 0.29) is 24.1 Å². The predicted molar refractivity (Wildman–Crippen MR) is 105 cm³/mol. The first-order valence-electron chi connectivity index (χ1n) is 7.67. The van der Waals surface area contributed by atoms with Crippen LogP contribution in [0.25, 0.3) is 0 Å². The van der Waals surface area contributed by atoms with Gasteiger partial charge in [-0.2, -0.15) is 0 Å². The molecule has 0 aliphatic rings. The van der Waals surface area contributed by atoms with E-state index in [1.807, 2.05) is 6.92 Å². The number of nitrogens with one attached hydrogen (secondary N) is 1. The van der Waals surface area contributed by atoms with Gasteiger partial charge in [-0.15, -0.1) is 12.4 Å². The lowest BCUT2D eigenvalue weighted by atomic mass is 10.1. The van der Waals surface area contributed by atoms with Gasteiger partial charge in [0.15, 0.2) is 9.84 Å². The Balaban J connectivity index is 0.00000312. The second-order valence-corrected chi connectivity index (χ2v) is 8.64. The average Bonchev–Trinajstić information content (AvgIpc) is 2.49. The molecule has 136 valence electrons. The molecule has 2 aromatic carbocycles. The third-order valence-corrected chi connectivity index (χ3v) is 5.95. The topological polar surface area (TPSA) is 89.3 Å². The Labute approximate surface area is 155 Å². The Morgan fingerprint density at radius 3 is 2.48 bits per heavy atom. The van der Waals surface area contributed by atoms with Gasteiger partial charge in [0.25, 0.3) is 5.91 Å². The Morgan fingerprint density at radius 1 is 1.16 bits per heavy atom. The summed E-state index contributed by atoms with van der Waals surface area (Å²) in [5, 5.41) is 2.35. The van der Waals surface area contributed by atoms with Crippen molar-refractivity contribution >= 4 is 39.5 Å². The quantitative estimate of drug-likeness (QED) is 0.773. The fourth-order valence-corrected chi connectivity index (χ4v) is 3.20. The van der Waals surface area contributed by atoms with Crippen molar-refractivity contribution in [1.29, 1.82) is 0 Å². The van der Waals surface area contributed by atoms with Crippen LogP contribution in [-0.4, -0.2) is 19.6 Å². The third-order valence-electron chi connectivity index (χ3n) is 3.78. The molecule has 5 nitrogen and oxygen atoms in total. The maximum absolute atomic E-state index is 12.4. The molecular weight excluding hydrogens is 360 g/mol. The molecule has 0 unspecified atom stereocenters. The molecule has 0 spiro atoms. The zero-order chi connectivity index (χ0) is 17.9. The van der Waals surface area contributed by atoms with Gasteiger partial charge in [0.1, 0.15) is 0 Å². The number of anilines is 2. The summed E-state index contributed by atoms with van der Waals surface area (Å²) in [4.78, 5) is 12.4. The Bertz CT molecular complexity index is 864. The molecule has 2 rings (SSSR count). The van der Waals surface area contributed by atoms with Crippen LogP contribution in [0.2, 0.25) is 0 Å². The fourth-order valence-electron chi connectivity index (χ4n) is 2.22. The summed E-state index contributed by atoms with van der Waals surface area (Å²) in [7, 11) is -3.19. The first-order chi connectivity index (χ1) is 11.2. The van der Waals surface area contributed by atoms with E-state index in [4.69, 9.17) is 5.73 Å². The van der Waals surface area contributed by atoms with Gasteiger partial charge in [-0.05, 0) is 56.2 Å². The molecular formula is C18H23ClN2O3S. The lowest BCUT2D eigenvalue weighted by molar-refractivity contribution is 0.102. The van der Waals surface area contributed by atoms with Crippen molar-refractivity contribution in [3.8, 4) is 0 Å².